The van der Waals surface area contributed by atoms with Crippen LogP contribution in [0.5, 0.6) is 0 Å². The molecule has 0 spiro atoms. The number of carbonyl (C=O) groups excluding carboxylic acids is 1. The van der Waals surface area contributed by atoms with Gasteiger partial charge >= 0.3 is 0 Å². The zero-order chi connectivity index (χ0) is 16.3. The summed E-state index contributed by atoms with van der Waals surface area (Å²) in [6, 6.07) is -1.04. The van der Waals surface area contributed by atoms with Crippen molar-refractivity contribution in [2.75, 3.05) is 0 Å². The van der Waals surface area contributed by atoms with Crippen molar-refractivity contribution in [2.45, 2.75) is 37.6 Å². The number of hydrogen-bond acceptors (Lipinski definition) is 3. The smallest absolute Gasteiger partial charge is 0.217 e. The summed E-state index contributed by atoms with van der Waals surface area (Å²) >= 11 is 0. The predicted octanol–water partition coefficient (Wildman–Crippen LogP) is 3.50. The van der Waals surface area contributed by atoms with Gasteiger partial charge in [-0.25, -0.2) is 27.2 Å². The first-order valence-corrected chi connectivity index (χ1v) is 7.49. The maximum atomic E-state index is 14.2. The highest BCUT2D eigenvalue weighted by molar-refractivity contribution is 5.95. The van der Waals surface area contributed by atoms with E-state index < -0.39 is 36.0 Å². The summed E-state index contributed by atoms with van der Waals surface area (Å²) in [6.45, 7) is 0. The van der Waals surface area contributed by atoms with Crippen LogP contribution >= 0.6 is 0 Å². The highest BCUT2D eigenvalue weighted by Crippen LogP contribution is 2.46. The Labute approximate surface area is 128 Å². The van der Waals surface area contributed by atoms with Crippen molar-refractivity contribution in [3.63, 3.8) is 0 Å². The van der Waals surface area contributed by atoms with Gasteiger partial charge in [-0.2, -0.15) is 0 Å². The van der Waals surface area contributed by atoms with Gasteiger partial charge in [-0.1, -0.05) is 0 Å². The van der Waals surface area contributed by atoms with E-state index in [4.69, 9.17) is 0 Å². The van der Waals surface area contributed by atoms with Gasteiger partial charge in [0, 0.05) is 12.3 Å². The van der Waals surface area contributed by atoms with Gasteiger partial charge in [0.05, 0.1) is 12.0 Å². The molecule has 122 valence electrons. The van der Waals surface area contributed by atoms with Crippen molar-refractivity contribution in [1.82, 2.24) is 14.8 Å². The molecule has 0 saturated heterocycles. The van der Waals surface area contributed by atoms with E-state index >= 15 is 0 Å². The van der Waals surface area contributed by atoms with Crippen molar-refractivity contribution in [2.24, 2.45) is 11.8 Å². The van der Waals surface area contributed by atoms with Crippen LogP contribution in [0.4, 0.5) is 17.6 Å². The standard InChI is InChI=1S/C15H13F4N3O/c16-7-3-4-8(17)12(19)11(7)10-5-9(18)15-20-14(21-22(10)15)13(23)6-1-2-6/h3-4,6-7,9-11H,1-2,5H2/t7?,9?,10-,11?/m0/s1. The molecule has 3 aliphatic rings. The fourth-order valence-corrected chi connectivity index (χ4v) is 3.20. The Bertz CT molecular complexity index is 737. The Hall–Kier alpha value is -1.99. The topological polar surface area (TPSA) is 47.8 Å². The third-order valence-electron chi connectivity index (χ3n) is 4.57. The number of allylic oxidation sites excluding steroid dienone is 4. The first-order valence-electron chi connectivity index (χ1n) is 7.49. The van der Waals surface area contributed by atoms with Gasteiger partial charge in [-0.3, -0.25) is 4.79 Å². The second-order valence-electron chi connectivity index (χ2n) is 6.17. The number of rotatable bonds is 3. The fourth-order valence-electron chi connectivity index (χ4n) is 3.20. The van der Waals surface area contributed by atoms with Gasteiger partial charge < -0.3 is 0 Å². The van der Waals surface area contributed by atoms with Crippen LogP contribution in [0.15, 0.2) is 23.8 Å². The number of Topliss-reactive ketones (excluding diaryl/α,β-unsaturated/α-hetero) is 1. The third-order valence-corrected chi connectivity index (χ3v) is 4.57. The van der Waals surface area contributed by atoms with Crippen LogP contribution in [0, 0.1) is 11.8 Å². The molecule has 1 aromatic rings. The minimum absolute atomic E-state index is 0.117. The van der Waals surface area contributed by atoms with Crippen LogP contribution in [-0.2, 0) is 0 Å². The van der Waals surface area contributed by atoms with Gasteiger partial charge in [0.2, 0.25) is 11.6 Å². The van der Waals surface area contributed by atoms with Crippen LogP contribution in [0.25, 0.3) is 0 Å². The third kappa shape index (κ3) is 2.22. The van der Waals surface area contributed by atoms with Gasteiger partial charge in [0.25, 0.3) is 0 Å². The lowest BCUT2D eigenvalue weighted by Gasteiger charge is -2.26. The zero-order valence-electron chi connectivity index (χ0n) is 11.9. The SMILES string of the molecule is O=C(c1nc2n(n1)[C@H](C1C(F)=C(F)C=CC1F)CC2F)C1CC1. The monoisotopic (exact) mass is 327 g/mol. The van der Waals surface area contributed by atoms with Crippen LogP contribution in [0.1, 0.15) is 47.9 Å². The second kappa shape index (κ2) is 5.01. The molecule has 0 amide bonds. The largest absolute Gasteiger partial charge is 0.290 e. The molecule has 1 saturated carbocycles. The van der Waals surface area contributed by atoms with E-state index in [2.05, 4.69) is 10.1 Å². The van der Waals surface area contributed by atoms with E-state index in [-0.39, 0.29) is 29.8 Å². The highest BCUT2D eigenvalue weighted by Gasteiger charge is 2.46. The molecule has 3 unspecified atom stereocenters. The van der Waals surface area contributed by atoms with Gasteiger partial charge in [0.1, 0.15) is 12.0 Å². The Kier molecular flexibility index (Phi) is 3.18. The second-order valence-corrected chi connectivity index (χ2v) is 6.17. The maximum Gasteiger partial charge on any atom is 0.217 e. The Morgan fingerprint density at radius 1 is 1.26 bits per heavy atom. The average molecular weight is 327 g/mol. The molecule has 2 heterocycles. The van der Waals surface area contributed by atoms with Gasteiger partial charge in [0.15, 0.2) is 17.8 Å². The van der Waals surface area contributed by atoms with E-state index in [1.54, 1.807) is 0 Å². The zero-order valence-corrected chi connectivity index (χ0v) is 11.9. The Balaban J connectivity index is 1.70. The minimum atomic E-state index is -1.79. The number of alkyl halides is 2. The van der Waals surface area contributed by atoms with E-state index in [1.165, 1.54) is 0 Å². The van der Waals surface area contributed by atoms with E-state index in [0.29, 0.717) is 0 Å². The lowest BCUT2D eigenvalue weighted by molar-refractivity contribution is 0.0955. The molecule has 0 N–H and O–H groups in total. The Morgan fingerprint density at radius 2 is 2.00 bits per heavy atom. The number of nitrogens with zero attached hydrogens (tertiary/aromatic N) is 3. The summed E-state index contributed by atoms with van der Waals surface area (Å²) in [5, 5.41) is 3.97. The summed E-state index contributed by atoms with van der Waals surface area (Å²) in [6.07, 6.45) is -0.495. The first-order chi connectivity index (χ1) is 11.0. The number of fused-ring (bicyclic) bond motifs is 1. The lowest BCUT2D eigenvalue weighted by Crippen LogP contribution is -2.28. The molecular formula is C15H13F4N3O. The number of halogens is 4. The molecular weight excluding hydrogens is 314 g/mol. The predicted molar refractivity (Wildman–Crippen MR) is 71.3 cm³/mol. The number of carbonyl (C=O) groups is 1. The Morgan fingerprint density at radius 3 is 2.70 bits per heavy atom. The maximum absolute atomic E-state index is 14.2. The van der Waals surface area contributed by atoms with Crippen molar-refractivity contribution >= 4 is 5.78 Å². The highest BCUT2D eigenvalue weighted by atomic mass is 19.2. The quantitative estimate of drug-likeness (QED) is 0.630. The molecule has 4 rings (SSSR count). The van der Waals surface area contributed by atoms with Crippen molar-refractivity contribution in [1.29, 1.82) is 0 Å². The van der Waals surface area contributed by atoms with Gasteiger partial charge in [-0.15, -0.1) is 5.10 Å². The van der Waals surface area contributed by atoms with Crippen molar-refractivity contribution in [3.8, 4) is 0 Å². The molecule has 0 bridgehead atoms. The normalized spacial score (nSPS) is 33.2. The molecule has 4 nitrogen and oxygen atoms in total. The molecule has 1 aliphatic heterocycles. The number of aromatic nitrogens is 3. The summed E-state index contributed by atoms with van der Waals surface area (Å²) in [7, 11) is 0. The molecule has 2 aliphatic carbocycles. The lowest BCUT2D eigenvalue weighted by atomic mass is 9.88. The van der Waals surface area contributed by atoms with Crippen LogP contribution in [-0.4, -0.2) is 26.7 Å². The first kappa shape index (κ1) is 14.6. The molecule has 23 heavy (non-hydrogen) atoms. The van der Waals surface area contributed by atoms with Gasteiger partial charge in [-0.05, 0) is 25.0 Å². The minimum Gasteiger partial charge on any atom is -0.290 e. The molecule has 8 heteroatoms. The number of hydrogen-bond donors (Lipinski definition) is 0. The molecule has 0 aromatic carbocycles. The summed E-state index contributed by atoms with van der Waals surface area (Å²) in [4.78, 5) is 15.9. The van der Waals surface area contributed by atoms with E-state index in [9.17, 15) is 22.4 Å². The molecule has 1 fully saturated rings. The van der Waals surface area contributed by atoms with E-state index in [0.717, 1.165) is 29.7 Å². The summed E-state index contributed by atoms with van der Waals surface area (Å²) < 4.78 is 56.8. The van der Waals surface area contributed by atoms with Crippen molar-refractivity contribution in [3.05, 3.63) is 35.5 Å². The average Bonchev–Trinajstić information content (AvgIpc) is 3.20. The number of ketones is 1. The fraction of sp³-hybridized carbons (Fsp3) is 0.533. The molecule has 0 radical (unpaired) electrons. The molecule has 1 aromatic heterocycles. The van der Waals surface area contributed by atoms with Crippen LogP contribution < -0.4 is 0 Å². The van der Waals surface area contributed by atoms with Crippen molar-refractivity contribution < 1.29 is 22.4 Å². The summed E-state index contributed by atoms with van der Waals surface area (Å²) in [5.41, 5.74) is 0. The van der Waals surface area contributed by atoms with Crippen LogP contribution in [0.2, 0.25) is 0 Å². The molecule has 4 atom stereocenters. The van der Waals surface area contributed by atoms with E-state index in [1.807, 2.05) is 0 Å². The summed E-state index contributed by atoms with van der Waals surface area (Å²) in [5.74, 6) is -4.58. The van der Waals surface area contributed by atoms with Crippen LogP contribution in [0.3, 0.4) is 0 Å².